The summed E-state index contributed by atoms with van der Waals surface area (Å²) < 4.78 is 18.6. The molecule has 2 fully saturated rings. The van der Waals surface area contributed by atoms with Crippen LogP contribution in [0.15, 0.2) is 30.5 Å². The lowest BCUT2D eigenvalue weighted by molar-refractivity contribution is -0.148. The number of esters is 1. The van der Waals surface area contributed by atoms with E-state index >= 15 is 0 Å². The Kier molecular flexibility index (Phi) is 21.5. The molecule has 6 N–H and O–H groups in total. The van der Waals surface area contributed by atoms with Gasteiger partial charge in [0.25, 0.3) is 0 Å². The number of nitrogens with two attached hydrogens (primary N) is 1. The van der Waals surface area contributed by atoms with Crippen LogP contribution in [0, 0.1) is 29.6 Å². The largest absolute Gasteiger partial charge is 0.461 e. The lowest BCUT2D eigenvalue weighted by atomic mass is 9.81. The molecule has 1 aliphatic carbocycles. The van der Waals surface area contributed by atoms with E-state index in [1.165, 1.54) is 4.90 Å². The van der Waals surface area contributed by atoms with Crippen molar-refractivity contribution in [1.82, 2.24) is 35.8 Å². The third-order valence-electron chi connectivity index (χ3n) is 12.7. The fourth-order valence-electron chi connectivity index (χ4n) is 8.07. The van der Waals surface area contributed by atoms with Crippen LogP contribution in [0.3, 0.4) is 0 Å². The Hall–Kier alpha value is -5.27. The van der Waals surface area contributed by atoms with Crippen molar-refractivity contribution in [3.05, 3.63) is 41.7 Å². The molecule has 1 aromatic carbocycles. The number of rotatable bonds is 28. The lowest BCUT2D eigenvalue weighted by Gasteiger charge is -2.30. The van der Waals surface area contributed by atoms with Gasteiger partial charge in [-0.3, -0.25) is 38.5 Å². The van der Waals surface area contributed by atoms with Gasteiger partial charge < -0.3 is 41.2 Å². The zero-order valence-corrected chi connectivity index (χ0v) is 41.5. The van der Waals surface area contributed by atoms with Crippen molar-refractivity contribution in [3.8, 4) is 0 Å². The van der Waals surface area contributed by atoms with Gasteiger partial charge in [-0.25, -0.2) is 4.68 Å². The number of hydrogen-bond acceptors (Lipinski definition) is 13. The summed E-state index contributed by atoms with van der Waals surface area (Å²) in [6.07, 6.45) is 7.90. The van der Waals surface area contributed by atoms with Crippen LogP contribution < -0.4 is 27.0 Å². The van der Waals surface area contributed by atoms with Crippen LogP contribution >= 0.6 is 0 Å². The second-order valence-corrected chi connectivity index (χ2v) is 20.1. The number of carbonyl (C=O) groups is 7. The first-order valence-corrected chi connectivity index (χ1v) is 24.3. The third-order valence-corrected chi connectivity index (χ3v) is 12.7. The van der Waals surface area contributed by atoms with Crippen molar-refractivity contribution in [3.63, 3.8) is 0 Å². The Balaban J connectivity index is 1.09. The molecule has 0 spiro atoms. The number of carbonyl (C=O) groups excluding carboxylic acids is 7. The maximum absolute atomic E-state index is 13.2. The normalized spacial score (nSPS) is 18.2. The fourth-order valence-corrected chi connectivity index (χ4v) is 8.07. The number of anilines is 1. The number of nitrogens with one attached hydrogen (secondary N) is 4. The second-order valence-electron chi connectivity index (χ2n) is 20.1. The van der Waals surface area contributed by atoms with Crippen LogP contribution in [0.4, 0.5) is 5.69 Å². The van der Waals surface area contributed by atoms with E-state index in [0.717, 1.165) is 18.4 Å². The molecule has 6 amide bonds. The van der Waals surface area contributed by atoms with E-state index in [1.807, 2.05) is 47.7 Å². The molecule has 68 heavy (non-hydrogen) atoms. The number of nitrogens with zero attached hydrogens (tertiary/aromatic N) is 4. The molecule has 2 aliphatic rings. The average Bonchev–Trinajstić information content (AvgIpc) is 3.89. The number of aromatic nitrogens is 3. The summed E-state index contributed by atoms with van der Waals surface area (Å²) in [6.45, 7) is 16.6. The monoisotopic (exact) mass is 952 g/mol. The van der Waals surface area contributed by atoms with E-state index < -0.39 is 41.5 Å². The average molecular weight is 952 g/mol. The smallest absolute Gasteiger partial charge is 0.308 e. The minimum atomic E-state index is -0.851. The molecule has 4 rings (SSSR count). The maximum atomic E-state index is 13.2. The molecule has 1 aromatic heterocycles. The standard InChI is InChI=1S/C49H77N9O10/c1-32(2)39-25-43(61)57(46(39)64)27-34-12-16-36(17-13-34)44(62)52-26-38-28-58(56-55-38)48(5,6)21-24-68-49(7,8)20-23-51-41(59)30-66-31-42(60)54-40(11-9-10-22-50)45(63)53-37-18-14-35(15-19-37)29-67-47(65)33(3)4/h14-15,18-19,28,32-34,36,39-40H,9-13,16-17,20-27,29-31,50H2,1-8H3,(H,51,59)(H,52,62)(H,53,63)(H,54,60). The molecule has 378 valence electrons. The van der Waals surface area contributed by atoms with E-state index in [0.29, 0.717) is 89.0 Å². The number of imide groups is 1. The first-order chi connectivity index (χ1) is 32.2. The summed E-state index contributed by atoms with van der Waals surface area (Å²) in [5, 5.41) is 20.0. The number of unbranched alkanes of at least 4 members (excludes halogenated alkanes) is 1. The fraction of sp³-hybridized carbons (Fsp3) is 0.694. The minimum absolute atomic E-state index is 0.0281. The van der Waals surface area contributed by atoms with E-state index in [-0.39, 0.29) is 73.0 Å². The second kappa shape index (κ2) is 26.5. The summed E-state index contributed by atoms with van der Waals surface area (Å²) in [5.41, 5.74) is 6.56. The summed E-state index contributed by atoms with van der Waals surface area (Å²) in [7, 11) is 0. The third kappa shape index (κ3) is 18.0. The van der Waals surface area contributed by atoms with Crippen molar-refractivity contribution in [1.29, 1.82) is 0 Å². The molecule has 1 saturated carbocycles. The molecule has 19 nitrogen and oxygen atoms in total. The predicted octanol–water partition coefficient (Wildman–Crippen LogP) is 4.13. The summed E-state index contributed by atoms with van der Waals surface area (Å²) in [5.74, 6) is -2.05. The molecule has 2 aromatic rings. The highest BCUT2D eigenvalue weighted by atomic mass is 16.5. The Morgan fingerprint density at radius 1 is 0.897 bits per heavy atom. The van der Waals surface area contributed by atoms with Crippen molar-refractivity contribution >= 4 is 47.1 Å². The topological polar surface area (TPSA) is 255 Å². The van der Waals surface area contributed by atoms with Gasteiger partial charge in [0.05, 0.1) is 29.8 Å². The van der Waals surface area contributed by atoms with Gasteiger partial charge in [-0.1, -0.05) is 45.0 Å². The number of likely N-dealkylation sites (tertiary alicyclic amines) is 1. The Bertz CT molecular complexity index is 1990. The highest BCUT2D eigenvalue weighted by Crippen LogP contribution is 2.33. The SMILES string of the molecule is CC(C)C(=O)OCc1ccc(NC(=O)C(CCCCN)NC(=O)COCC(=O)NCCC(C)(C)OCCC(C)(C)n2cc(CNC(=O)C3CCC(CN4C(=O)CC(C(C)C)C4=O)CC3)nn2)cc1. The van der Waals surface area contributed by atoms with Crippen molar-refractivity contribution in [2.75, 3.05) is 44.8 Å². The van der Waals surface area contributed by atoms with Crippen LogP contribution in [-0.4, -0.2) is 112 Å². The van der Waals surface area contributed by atoms with Crippen LogP contribution in [0.5, 0.6) is 0 Å². The summed E-state index contributed by atoms with van der Waals surface area (Å²) in [6, 6.07) is 6.02. The maximum Gasteiger partial charge on any atom is 0.308 e. The van der Waals surface area contributed by atoms with E-state index in [4.69, 9.17) is 19.9 Å². The van der Waals surface area contributed by atoms with E-state index in [1.54, 1.807) is 42.8 Å². The van der Waals surface area contributed by atoms with Crippen LogP contribution in [0.25, 0.3) is 0 Å². The van der Waals surface area contributed by atoms with Crippen LogP contribution in [0.2, 0.25) is 0 Å². The van der Waals surface area contributed by atoms with Gasteiger partial charge >= 0.3 is 5.97 Å². The van der Waals surface area contributed by atoms with Crippen molar-refractivity contribution in [2.24, 2.45) is 35.3 Å². The molecule has 0 bridgehead atoms. The molecule has 1 saturated heterocycles. The number of hydrogen-bond donors (Lipinski definition) is 5. The van der Waals surface area contributed by atoms with Gasteiger partial charge in [0.1, 0.15) is 31.6 Å². The van der Waals surface area contributed by atoms with Crippen molar-refractivity contribution in [2.45, 2.75) is 150 Å². The van der Waals surface area contributed by atoms with Crippen molar-refractivity contribution < 1.29 is 47.8 Å². The predicted molar refractivity (Wildman–Crippen MR) is 254 cm³/mol. The van der Waals surface area contributed by atoms with Gasteiger partial charge in [0.2, 0.25) is 35.4 Å². The first-order valence-electron chi connectivity index (χ1n) is 24.3. The Morgan fingerprint density at radius 2 is 1.59 bits per heavy atom. The summed E-state index contributed by atoms with van der Waals surface area (Å²) in [4.78, 5) is 90.0. The number of amides is 6. The molecule has 19 heteroatoms. The highest BCUT2D eigenvalue weighted by Gasteiger charge is 2.41. The molecule has 2 atom stereocenters. The summed E-state index contributed by atoms with van der Waals surface area (Å²) >= 11 is 0. The van der Waals surface area contributed by atoms with Gasteiger partial charge in [0, 0.05) is 43.6 Å². The molecule has 0 radical (unpaired) electrons. The van der Waals surface area contributed by atoms with Gasteiger partial charge in [-0.15, -0.1) is 5.10 Å². The lowest BCUT2D eigenvalue weighted by Crippen LogP contribution is -2.45. The number of ether oxygens (including phenoxy) is 3. The molecular weight excluding hydrogens is 875 g/mol. The van der Waals surface area contributed by atoms with E-state index in [9.17, 15) is 33.6 Å². The molecule has 2 heterocycles. The Labute approximate surface area is 401 Å². The van der Waals surface area contributed by atoms with Gasteiger partial charge in [-0.05, 0) is 122 Å². The van der Waals surface area contributed by atoms with Crippen LogP contribution in [-0.2, 0) is 66.5 Å². The zero-order valence-electron chi connectivity index (χ0n) is 41.5. The Morgan fingerprint density at radius 3 is 2.24 bits per heavy atom. The molecule has 2 unspecified atom stereocenters. The molecule has 1 aliphatic heterocycles. The van der Waals surface area contributed by atoms with Gasteiger partial charge in [0.15, 0.2) is 0 Å². The first kappa shape index (κ1) is 55.3. The van der Waals surface area contributed by atoms with Crippen LogP contribution in [0.1, 0.15) is 131 Å². The zero-order chi connectivity index (χ0) is 50.0. The quantitative estimate of drug-likeness (QED) is 0.0458. The molecular formula is C49H77N9O10. The van der Waals surface area contributed by atoms with E-state index in [2.05, 4.69) is 31.6 Å². The highest BCUT2D eigenvalue weighted by molar-refractivity contribution is 6.03. The van der Waals surface area contributed by atoms with Gasteiger partial charge in [-0.2, -0.15) is 0 Å². The minimum Gasteiger partial charge on any atom is -0.461 e. The number of benzene rings is 1.